The highest BCUT2D eigenvalue weighted by molar-refractivity contribution is 6.25. The van der Waals surface area contributed by atoms with Gasteiger partial charge in [-0.25, -0.2) is 14.4 Å². The number of anilines is 1. The molecule has 0 amide bonds. The largest absolute Gasteiger partial charge is 0.355 e. The number of likely N-dealkylation sites (N-methyl/N-ethyl adjacent to an activating group) is 1. The fraction of sp³-hybridized carbons (Fsp3) is 0.348. The van der Waals surface area contributed by atoms with Crippen LogP contribution in [0.1, 0.15) is 29.8 Å². The molecule has 4 heterocycles. The van der Waals surface area contributed by atoms with E-state index in [4.69, 9.17) is 4.98 Å². The molecule has 0 saturated carbocycles. The zero-order chi connectivity index (χ0) is 20.7. The van der Waals surface area contributed by atoms with Crippen molar-refractivity contribution >= 4 is 28.9 Å². The maximum absolute atomic E-state index is 14.1. The van der Waals surface area contributed by atoms with Crippen molar-refractivity contribution in [3.63, 3.8) is 0 Å². The Kier molecular flexibility index (Phi) is 4.83. The Balaban J connectivity index is 1.50. The molecule has 30 heavy (non-hydrogen) atoms. The summed E-state index contributed by atoms with van der Waals surface area (Å²) in [6, 6.07) is 7.08. The Bertz CT molecular complexity index is 1150. The molecule has 1 aliphatic heterocycles. The quantitative estimate of drug-likeness (QED) is 0.656. The Morgan fingerprint density at radius 2 is 1.93 bits per heavy atom. The van der Waals surface area contributed by atoms with Gasteiger partial charge in [0.05, 0.1) is 11.4 Å². The zero-order valence-electron chi connectivity index (χ0n) is 17.0. The summed E-state index contributed by atoms with van der Waals surface area (Å²) in [6.07, 6.45) is 7.38. The van der Waals surface area contributed by atoms with Gasteiger partial charge < -0.3 is 14.2 Å². The van der Waals surface area contributed by atoms with Gasteiger partial charge in [0, 0.05) is 44.0 Å². The van der Waals surface area contributed by atoms with Crippen LogP contribution in [0.2, 0.25) is 0 Å². The van der Waals surface area contributed by atoms with Crippen molar-refractivity contribution in [2.24, 2.45) is 0 Å². The number of allylic oxidation sites excluding steroid dienone is 1. The number of carbonyl (C=O) groups is 1. The van der Waals surface area contributed by atoms with Gasteiger partial charge >= 0.3 is 0 Å². The number of aryl methyl sites for hydroxylation is 1. The number of ketones is 1. The first kappa shape index (κ1) is 18.9. The number of hydrogen-bond acceptors (Lipinski definition) is 5. The Morgan fingerprint density at radius 3 is 2.80 bits per heavy atom. The van der Waals surface area contributed by atoms with Crippen LogP contribution in [-0.2, 0) is 11.2 Å². The number of hydrogen-bond donors (Lipinski definition) is 0. The minimum Gasteiger partial charge on any atom is -0.355 e. The Hall–Kier alpha value is -3.06. The second-order valence-corrected chi connectivity index (χ2v) is 8.04. The lowest BCUT2D eigenvalue weighted by Gasteiger charge is -2.22. The number of pyridine rings is 2. The molecule has 0 atom stereocenters. The van der Waals surface area contributed by atoms with E-state index in [0.29, 0.717) is 24.1 Å². The lowest BCUT2D eigenvalue weighted by molar-refractivity contribution is -0.113. The molecule has 5 rings (SSSR count). The highest BCUT2D eigenvalue weighted by atomic mass is 19.1. The molecule has 6 nitrogen and oxygen atoms in total. The minimum absolute atomic E-state index is 0.00904. The van der Waals surface area contributed by atoms with Crippen molar-refractivity contribution < 1.29 is 9.18 Å². The number of rotatable bonds is 2. The summed E-state index contributed by atoms with van der Waals surface area (Å²) in [4.78, 5) is 26.8. The van der Waals surface area contributed by atoms with Crippen molar-refractivity contribution in [1.29, 1.82) is 0 Å². The fourth-order valence-corrected chi connectivity index (χ4v) is 4.21. The number of halogens is 1. The number of imidazole rings is 1. The molecule has 2 aliphatic rings. The van der Waals surface area contributed by atoms with E-state index in [2.05, 4.69) is 21.8 Å². The van der Waals surface area contributed by atoms with Crippen LogP contribution in [0.5, 0.6) is 0 Å². The molecule has 1 saturated heterocycles. The summed E-state index contributed by atoms with van der Waals surface area (Å²) < 4.78 is 15.7. The summed E-state index contributed by atoms with van der Waals surface area (Å²) in [6.45, 7) is 4.06. The predicted octanol–water partition coefficient (Wildman–Crippen LogP) is 3.07. The molecular weight excluding hydrogens is 381 g/mol. The van der Waals surface area contributed by atoms with Crippen LogP contribution >= 0.6 is 0 Å². The maximum atomic E-state index is 14.1. The third-order valence-corrected chi connectivity index (χ3v) is 5.94. The van der Waals surface area contributed by atoms with E-state index in [1.165, 1.54) is 6.07 Å². The molecule has 7 heteroatoms. The lowest BCUT2D eigenvalue weighted by Crippen LogP contribution is -2.29. The zero-order valence-corrected chi connectivity index (χ0v) is 17.0. The normalized spacial score (nSPS) is 18.1. The molecule has 3 aromatic rings. The average Bonchev–Trinajstić information content (AvgIpc) is 2.96. The van der Waals surface area contributed by atoms with Gasteiger partial charge in [0.2, 0.25) is 0 Å². The molecule has 1 aliphatic carbocycles. The number of fused-ring (bicyclic) bond motifs is 2. The smallest absolute Gasteiger partial charge is 0.173 e. The molecule has 0 radical (unpaired) electrons. The van der Waals surface area contributed by atoms with Crippen molar-refractivity contribution in [1.82, 2.24) is 19.3 Å². The second kappa shape index (κ2) is 7.65. The minimum atomic E-state index is -0.403. The standard InChI is InChI=1S/C23H24FN5O/c1-27-9-3-11-28(13-12-27)22-8-5-16-14-17(21(30)7-6-19(16)25-22)20-15-29-10-2-4-18(24)23(29)26-20/h2,4-5,8,10,14-15H,3,6-7,9,11-13H2,1H3. The van der Waals surface area contributed by atoms with Gasteiger partial charge in [0.15, 0.2) is 17.2 Å². The highest BCUT2D eigenvalue weighted by Gasteiger charge is 2.22. The third-order valence-electron chi connectivity index (χ3n) is 5.94. The molecule has 1 fully saturated rings. The molecule has 0 aromatic carbocycles. The SMILES string of the molecule is CN1CCCN(c2ccc3c(n2)CCC(=O)C(c2cn4cccc(F)c4n2)=C3)CC1. The highest BCUT2D eigenvalue weighted by Crippen LogP contribution is 2.28. The summed E-state index contributed by atoms with van der Waals surface area (Å²) in [5, 5.41) is 0. The number of carbonyl (C=O) groups excluding carboxylic acids is 1. The molecule has 0 spiro atoms. The summed E-state index contributed by atoms with van der Waals surface area (Å²) in [5.74, 6) is 0.582. The van der Waals surface area contributed by atoms with Crippen LogP contribution in [0, 0.1) is 5.82 Å². The van der Waals surface area contributed by atoms with Crippen LogP contribution in [0.3, 0.4) is 0 Å². The van der Waals surface area contributed by atoms with Crippen molar-refractivity contribution in [3.05, 3.63) is 59.4 Å². The van der Waals surface area contributed by atoms with Gasteiger partial charge in [-0.15, -0.1) is 0 Å². The van der Waals surface area contributed by atoms with E-state index in [9.17, 15) is 9.18 Å². The first-order chi connectivity index (χ1) is 14.6. The number of nitrogens with zero attached hydrogens (tertiary/aromatic N) is 5. The summed E-state index contributed by atoms with van der Waals surface area (Å²) in [5.41, 5.74) is 3.11. The van der Waals surface area contributed by atoms with Gasteiger partial charge in [-0.3, -0.25) is 4.79 Å². The van der Waals surface area contributed by atoms with E-state index in [1.54, 1.807) is 22.9 Å². The van der Waals surface area contributed by atoms with Gasteiger partial charge in [-0.2, -0.15) is 0 Å². The van der Waals surface area contributed by atoms with Crippen molar-refractivity contribution in [2.45, 2.75) is 19.3 Å². The molecule has 0 bridgehead atoms. The molecule has 3 aromatic heterocycles. The van der Waals surface area contributed by atoms with Crippen LogP contribution in [-0.4, -0.2) is 58.3 Å². The Labute approximate surface area is 174 Å². The van der Waals surface area contributed by atoms with E-state index in [0.717, 1.165) is 49.7 Å². The molecule has 154 valence electrons. The monoisotopic (exact) mass is 405 g/mol. The van der Waals surface area contributed by atoms with Gasteiger partial charge in [0.1, 0.15) is 5.82 Å². The van der Waals surface area contributed by atoms with E-state index < -0.39 is 5.82 Å². The van der Waals surface area contributed by atoms with Gasteiger partial charge in [0.25, 0.3) is 0 Å². The van der Waals surface area contributed by atoms with Gasteiger partial charge in [-0.1, -0.05) is 0 Å². The molecule has 0 unspecified atom stereocenters. The fourth-order valence-electron chi connectivity index (χ4n) is 4.21. The first-order valence-electron chi connectivity index (χ1n) is 10.4. The van der Waals surface area contributed by atoms with E-state index >= 15 is 0 Å². The van der Waals surface area contributed by atoms with Crippen LogP contribution < -0.4 is 4.90 Å². The Morgan fingerprint density at radius 1 is 1.03 bits per heavy atom. The van der Waals surface area contributed by atoms with Gasteiger partial charge in [-0.05, 0) is 62.3 Å². The van der Waals surface area contributed by atoms with Crippen molar-refractivity contribution in [2.75, 3.05) is 38.1 Å². The molecule has 0 N–H and O–H groups in total. The summed E-state index contributed by atoms with van der Waals surface area (Å²) >= 11 is 0. The summed E-state index contributed by atoms with van der Waals surface area (Å²) in [7, 11) is 2.15. The topological polar surface area (TPSA) is 53.7 Å². The maximum Gasteiger partial charge on any atom is 0.173 e. The van der Waals surface area contributed by atoms with Crippen LogP contribution in [0.4, 0.5) is 10.2 Å². The first-order valence-corrected chi connectivity index (χ1v) is 10.4. The predicted molar refractivity (Wildman–Crippen MR) is 115 cm³/mol. The molecular formula is C23H24FN5O. The van der Waals surface area contributed by atoms with Crippen LogP contribution in [0.15, 0.2) is 36.7 Å². The third kappa shape index (κ3) is 3.50. The number of Topliss-reactive ketones (excluding diaryl/α,β-unsaturated/α-hetero) is 1. The van der Waals surface area contributed by atoms with Crippen LogP contribution in [0.25, 0.3) is 17.3 Å². The number of aromatic nitrogens is 3. The van der Waals surface area contributed by atoms with E-state index in [-0.39, 0.29) is 11.4 Å². The average molecular weight is 405 g/mol. The van der Waals surface area contributed by atoms with E-state index in [1.807, 2.05) is 18.2 Å². The second-order valence-electron chi connectivity index (χ2n) is 8.04. The lowest BCUT2D eigenvalue weighted by atomic mass is 10.1. The van der Waals surface area contributed by atoms with Crippen molar-refractivity contribution in [3.8, 4) is 0 Å².